The minimum absolute atomic E-state index is 0.00445. The Bertz CT molecular complexity index is 674. The van der Waals surface area contributed by atoms with Gasteiger partial charge in [0.2, 0.25) is 0 Å². The predicted molar refractivity (Wildman–Crippen MR) is 96.4 cm³/mol. The maximum atomic E-state index is 12.6. The van der Waals surface area contributed by atoms with Crippen LogP contribution in [0.5, 0.6) is 5.75 Å². The number of hydrogen-bond acceptors (Lipinski definition) is 3. The van der Waals surface area contributed by atoms with Gasteiger partial charge in [0.15, 0.2) is 0 Å². The van der Waals surface area contributed by atoms with Gasteiger partial charge in [-0.05, 0) is 49.6 Å². The Hall–Kier alpha value is -2.56. The van der Waals surface area contributed by atoms with Crippen molar-refractivity contribution < 1.29 is 9.53 Å². The zero-order chi connectivity index (χ0) is 17.5. The summed E-state index contributed by atoms with van der Waals surface area (Å²) in [4.78, 5) is 18.4. The van der Waals surface area contributed by atoms with E-state index in [9.17, 15) is 4.79 Å². The summed E-state index contributed by atoms with van der Waals surface area (Å²) in [6, 6.07) is 9.43. The van der Waals surface area contributed by atoms with Crippen LogP contribution in [-0.2, 0) is 0 Å². The summed E-state index contributed by atoms with van der Waals surface area (Å²) < 4.78 is 5.59. The van der Waals surface area contributed by atoms with Crippen LogP contribution >= 0.6 is 0 Å². The van der Waals surface area contributed by atoms with Gasteiger partial charge in [0.25, 0.3) is 0 Å². The number of rotatable bonds is 6. The first-order valence-corrected chi connectivity index (χ1v) is 8.24. The number of anilines is 1. The third-order valence-electron chi connectivity index (χ3n) is 4.00. The van der Waals surface area contributed by atoms with Crippen LogP contribution in [0.2, 0.25) is 0 Å². The van der Waals surface area contributed by atoms with E-state index in [4.69, 9.17) is 4.74 Å². The molecule has 24 heavy (non-hydrogen) atoms. The van der Waals surface area contributed by atoms with E-state index in [1.807, 2.05) is 51.2 Å². The molecule has 0 fully saturated rings. The molecule has 1 heterocycles. The molecule has 0 saturated carbocycles. The second-order valence-corrected chi connectivity index (χ2v) is 5.66. The third-order valence-corrected chi connectivity index (χ3v) is 4.00. The van der Waals surface area contributed by atoms with Crippen LogP contribution in [0, 0.1) is 6.92 Å². The Kier molecular flexibility index (Phi) is 6.18. The monoisotopic (exact) mass is 327 g/mol. The first kappa shape index (κ1) is 17.8. The normalized spacial score (nSPS) is 11.7. The molecule has 2 aromatic rings. The molecule has 5 heteroatoms. The van der Waals surface area contributed by atoms with Crippen molar-refractivity contribution in [1.29, 1.82) is 0 Å². The van der Waals surface area contributed by atoms with Gasteiger partial charge in [0.05, 0.1) is 12.6 Å². The summed E-state index contributed by atoms with van der Waals surface area (Å²) >= 11 is 0. The number of aryl methyl sites for hydroxylation is 1. The number of benzene rings is 1. The van der Waals surface area contributed by atoms with E-state index in [1.165, 1.54) is 0 Å². The van der Waals surface area contributed by atoms with Crippen LogP contribution in [0.4, 0.5) is 10.5 Å². The fourth-order valence-electron chi connectivity index (χ4n) is 2.66. The summed E-state index contributed by atoms with van der Waals surface area (Å²) in [6.45, 7) is 6.59. The molecule has 0 aliphatic rings. The number of amides is 2. The van der Waals surface area contributed by atoms with Crippen molar-refractivity contribution in [3.63, 3.8) is 0 Å². The molecule has 0 aliphatic heterocycles. The molecule has 1 unspecified atom stereocenters. The van der Waals surface area contributed by atoms with Crippen LogP contribution in [0.25, 0.3) is 0 Å². The largest absolute Gasteiger partial charge is 0.494 e. The van der Waals surface area contributed by atoms with Gasteiger partial charge in [0.1, 0.15) is 5.75 Å². The lowest BCUT2D eigenvalue weighted by atomic mass is 10.1. The van der Waals surface area contributed by atoms with Crippen molar-refractivity contribution in [3.05, 3.63) is 53.9 Å². The van der Waals surface area contributed by atoms with E-state index >= 15 is 0 Å². The minimum atomic E-state index is -0.148. The van der Waals surface area contributed by atoms with Crippen molar-refractivity contribution in [2.45, 2.75) is 33.2 Å². The first-order chi connectivity index (χ1) is 11.6. The maximum absolute atomic E-state index is 12.6. The average molecular weight is 327 g/mol. The number of urea groups is 1. The Morgan fingerprint density at radius 3 is 2.58 bits per heavy atom. The average Bonchev–Trinajstić information content (AvgIpc) is 2.59. The number of carbonyl (C=O) groups is 1. The van der Waals surface area contributed by atoms with E-state index in [-0.39, 0.29) is 12.1 Å². The number of ether oxygens (including phenoxy) is 1. The topological polar surface area (TPSA) is 54.5 Å². The standard InChI is InChI=1S/C19H25N3O2/c1-5-17(15-9-11-20-12-10-15)22(4)19(23)21-16-8-7-14(3)18(13-16)24-6-2/h7-13,17H,5-6H2,1-4H3,(H,21,23). The van der Waals surface area contributed by atoms with E-state index < -0.39 is 0 Å². The molecule has 128 valence electrons. The quantitative estimate of drug-likeness (QED) is 0.855. The van der Waals surface area contributed by atoms with Crippen LogP contribution < -0.4 is 10.1 Å². The van der Waals surface area contributed by atoms with Gasteiger partial charge in [-0.15, -0.1) is 0 Å². The van der Waals surface area contributed by atoms with E-state index in [0.717, 1.165) is 29.0 Å². The van der Waals surface area contributed by atoms with Gasteiger partial charge < -0.3 is 15.0 Å². The molecule has 1 aromatic heterocycles. The number of nitrogens with one attached hydrogen (secondary N) is 1. The Morgan fingerprint density at radius 1 is 1.25 bits per heavy atom. The number of carbonyl (C=O) groups excluding carboxylic acids is 1. The second-order valence-electron chi connectivity index (χ2n) is 5.66. The van der Waals surface area contributed by atoms with Crippen LogP contribution in [0.1, 0.15) is 37.4 Å². The predicted octanol–water partition coefficient (Wildman–Crippen LogP) is 4.40. The zero-order valence-electron chi connectivity index (χ0n) is 14.7. The Labute approximate surface area is 143 Å². The summed E-state index contributed by atoms with van der Waals surface area (Å²) in [5.41, 5.74) is 2.85. The first-order valence-electron chi connectivity index (χ1n) is 8.24. The number of nitrogens with zero attached hydrogens (tertiary/aromatic N) is 2. The van der Waals surface area contributed by atoms with Crippen LogP contribution in [-0.4, -0.2) is 29.6 Å². The lowest BCUT2D eigenvalue weighted by molar-refractivity contribution is 0.202. The highest BCUT2D eigenvalue weighted by atomic mass is 16.5. The SMILES string of the molecule is CCOc1cc(NC(=O)N(C)C(CC)c2ccncc2)ccc1C. The van der Waals surface area contributed by atoms with Crippen molar-refractivity contribution in [2.75, 3.05) is 19.0 Å². The van der Waals surface area contributed by atoms with Crippen LogP contribution in [0.15, 0.2) is 42.7 Å². The van der Waals surface area contributed by atoms with E-state index in [2.05, 4.69) is 17.2 Å². The number of aromatic nitrogens is 1. The smallest absolute Gasteiger partial charge is 0.322 e. The summed E-state index contributed by atoms with van der Waals surface area (Å²) in [5, 5.41) is 2.94. The van der Waals surface area contributed by atoms with Crippen LogP contribution in [0.3, 0.4) is 0 Å². The van der Waals surface area contributed by atoms with Crippen molar-refractivity contribution in [3.8, 4) is 5.75 Å². The minimum Gasteiger partial charge on any atom is -0.494 e. The van der Waals surface area contributed by atoms with Gasteiger partial charge in [0, 0.05) is 31.2 Å². The molecule has 5 nitrogen and oxygen atoms in total. The lowest BCUT2D eigenvalue weighted by Gasteiger charge is -2.28. The van der Waals surface area contributed by atoms with Gasteiger partial charge in [-0.1, -0.05) is 13.0 Å². The second kappa shape index (κ2) is 8.34. The van der Waals surface area contributed by atoms with Gasteiger partial charge in [-0.25, -0.2) is 4.79 Å². The molecular formula is C19H25N3O2. The molecule has 1 atom stereocenters. The van der Waals surface area contributed by atoms with E-state index in [0.29, 0.717) is 6.61 Å². The highest BCUT2D eigenvalue weighted by molar-refractivity contribution is 5.89. The van der Waals surface area contributed by atoms with Crippen molar-refractivity contribution in [1.82, 2.24) is 9.88 Å². The third kappa shape index (κ3) is 4.25. The summed E-state index contributed by atoms with van der Waals surface area (Å²) in [7, 11) is 1.81. The number of hydrogen-bond donors (Lipinski definition) is 1. The molecule has 2 amide bonds. The molecule has 1 N–H and O–H groups in total. The summed E-state index contributed by atoms with van der Waals surface area (Å²) in [6.07, 6.45) is 4.32. The van der Waals surface area contributed by atoms with Crippen molar-refractivity contribution in [2.24, 2.45) is 0 Å². The molecular weight excluding hydrogens is 302 g/mol. The fraction of sp³-hybridized carbons (Fsp3) is 0.368. The Balaban J connectivity index is 2.12. The van der Waals surface area contributed by atoms with Gasteiger partial charge in [-0.3, -0.25) is 4.98 Å². The van der Waals surface area contributed by atoms with Gasteiger partial charge >= 0.3 is 6.03 Å². The molecule has 2 rings (SSSR count). The molecule has 0 saturated heterocycles. The molecule has 0 aliphatic carbocycles. The molecule has 0 bridgehead atoms. The lowest BCUT2D eigenvalue weighted by Crippen LogP contribution is -2.34. The molecule has 0 spiro atoms. The highest BCUT2D eigenvalue weighted by Gasteiger charge is 2.20. The zero-order valence-corrected chi connectivity index (χ0v) is 14.7. The Morgan fingerprint density at radius 2 is 1.96 bits per heavy atom. The molecule has 0 radical (unpaired) electrons. The summed E-state index contributed by atoms with van der Waals surface area (Å²) in [5.74, 6) is 0.791. The fourth-order valence-corrected chi connectivity index (χ4v) is 2.66. The van der Waals surface area contributed by atoms with Gasteiger partial charge in [-0.2, -0.15) is 0 Å². The molecule has 1 aromatic carbocycles. The van der Waals surface area contributed by atoms with E-state index in [1.54, 1.807) is 17.3 Å². The highest BCUT2D eigenvalue weighted by Crippen LogP contribution is 2.25. The van der Waals surface area contributed by atoms with Crippen molar-refractivity contribution >= 4 is 11.7 Å². The maximum Gasteiger partial charge on any atom is 0.322 e. The number of pyridine rings is 1.